The van der Waals surface area contributed by atoms with Crippen molar-refractivity contribution in [2.75, 3.05) is 26.4 Å². The van der Waals surface area contributed by atoms with Gasteiger partial charge in [0.15, 0.2) is 11.5 Å². The molecule has 1 aliphatic heterocycles. The zero-order valence-corrected chi connectivity index (χ0v) is 17.4. The van der Waals surface area contributed by atoms with Crippen molar-refractivity contribution in [1.82, 2.24) is 5.32 Å². The molecular formula is C23H29NO6. The smallest absolute Gasteiger partial charge is 0.350 e. The van der Waals surface area contributed by atoms with Gasteiger partial charge in [-0.2, -0.15) is 0 Å². The number of para-hydroxylation sites is 1. The first-order valence-electron chi connectivity index (χ1n) is 10.2. The molecule has 0 fully saturated rings. The number of aliphatic hydroxyl groups excluding tert-OH is 1. The maximum absolute atomic E-state index is 11.8. The molecular weight excluding hydrogens is 386 g/mol. The fourth-order valence-electron chi connectivity index (χ4n) is 3.12. The Morgan fingerprint density at radius 2 is 2.03 bits per heavy atom. The van der Waals surface area contributed by atoms with Crippen LogP contribution in [0.1, 0.15) is 19.4 Å². The van der Waals surface area contributed by atoms with Gasteiger partial charge in [0.05, 0.1) is 6.61 Å². The molecule has 2 N–H and O–H groups in total. The van der Waals surface area contributed by atoms with Crippen LogP contribution in [0.2, 0.25) is 0 Å². The number of fused-ring (bicyclic) bond motifs is 1. The van der Waals surface area contributed by atoms with Crippen molar-refractivity contribution in [3.8, 4) is 17.2 Å². The molecule has 3 rings (SSSR count). The third-order valence-electron chi connectivity index (χ3n) is 4.65. The topological polar surface area (TPSA) is 86.3 Å². The number of hydrogen-bond acceptors (Lipinski definition) is 7. The molecule has 3 atom stereocenters. The quantitative estimate of drug-likeness (QED) is 0.576. The highest BCUT2D eigenvalue weighted by Crippen LogP contribution is 2.33. The van der Waals surface area contributed by atoms with E-state index in [0.29, 0.717) is 24.7 Å². The molecule has 0 saturated carbocycles. The van der Waals surface area contributed by atoms with E-state index < -0.39 is 18.2 Å². The summed E-state index contributed by atoms with van der Waals surface area (Å²) < 4.78 is 21.9. The molecule has 0 saturated heterocycles. The van der Waals surface area contributed by atoms with E-state index in [0.717, 1.165) is 17.7 Å². The van der Waals surface area contributed by atoms with Gasteiger partial charge in [0.25, 0.3) is 0 Å². The SMILES string of the molecule is CCOC(=O)C1COc2cc(C[C@@H](C)NC[C@H](O)COc3ccccc3)ccc2O1. The van der Waals surface area contributed by atoms with E-state index in [1.807, 2.05) is 48.5 Å². The number of esters is 1. The Labute approximate surface area is 176 Å². The van der Waals surface area contributed by atoms with E-state index in [1.165, 1.54) is 0 Å². The molecule has 0 aromatic heterocycles. The van der Waals surface area contributed by atoms with Gasteiger partial charge in [-0.1, -0.05) is 24.3 Å². The lowest BCUT2D eigenvalue weighted by Crippen LogP contribution is -2.38. The van der Waals surface area contributed by atoms with Crippen molar-refractivity contribution in [3.63, 3.8) is 0 Å². The first-order chi connectivity index (χ1) is 14.5. The third kappa shape index (κ3) is 6.37. The van der Waals surface area contributed by atoms with Crippen molar-refractivity contribution in [3.05, 3.63) is 54.1 Å². The second kappa shape index (κ2) is 10.8. The van der Waals surface area contributed by atoms with Crippen LogP contribution in [-0.4, -0.2) is 55.7 Å². The molecule has 1 heterocycles. The number of carbonyl (C=O) groups excluding carboxylic acids is 1. The van der Waals surface area contributed by atoms with Crippen molar-refractivity contribution in [1.29, 1.82) is 0 Å². The monoisotopic (exact) mass is 415 g/mol. The van der Waals surface area contributed by atoms with Crippen LogP contribution in [-0.2, 0) is 16.0 Å². The third-order valence-corrected chi connectivity index (χ3v) is 4.65. The van der Waals surface area contributed by atoms with Crippen LogP contribution in [0.25, 0.3) is 0 Å². The minimum Gasteiger partial charge on any atom is -0.491 e. The van der Waals surface area contributed by atoms with Crippen LogP contribution in [0.5, 0.6) is 17.2 Å². The summed E-state index contributed by atoms with van der Waals surface area (Å²) in [5.74, 6) is 1.49. The van der Waals surface area contributed by atoms with Gasteiger partial charge in [0.2, 0.25) is 6.10 Å². The van der Waals surface area contributed by atoms with Crippen LogP contribution >= 0.6 is 0 Å². The lowest BCUT2D eigenvalue weighted by molar-refractivity contribution is -0.153. The molecule has 1 aliphatic rings. The van der Waals surface area contributed by atoms with Gasteiger partial charge >= 0.3 is 5.97 Å². The molecule has 2 aromatic rings. The van der Waals surface area contributed by atoms with Gasteiger partial charge in [0.1, 0.15) is 25.1 Å². The minimum atomic E-state index is -0.733. The van der Waals surface area contributed by atoms with Crippen molar-refractivity contribution < 1.29 is 28.8 Å². The first kappa shape index (κ1) is 21.9. The highest BCUT2D eigenvalue weighted by Gasteiger charge is 2.28. The highest BCUT2D eigenvalue weighted by atomic mass is 16.6. The van der Waals surface area contributed by atoms with E-state index in [2.05, 4.69) is 12.2 Å². The molecule has 0 aliphatic carbocycles. The standard InChI is InChI=1S/C23H29NO6/c1-3-27-23(26)22-15-29-21-12-17(9-10-20(21)30-22)11-16(2)24-13-18(25)14-28-19-7-5-4-6-8-19/h4-10,12,16,18,22,24-25H,3,11,13-15H2,1-2H3/t16-,18+,22?/m1/s1. The summed E-state index contributed by atoms with van der Waals surface area (Å²) in [4.78, 5) is 11.8. The summed E-state index contributed by atoms with van der Waals surface area (Å²) in [7, 11) is 0. The maximum Gasteiger partial charge on any atom is 0.350 e. The molecule has 7 heteroatoms. The van der Waals surface area contributed by atoms with E-state index in [4.69, 9.17) is 18.9 Å². The van der Waals surface area contributed by atoms with Crippen LogP contribution in [0.4, 0.5) is 0 Å². The Hall–Kier alpha value is -2.77. The summed E-state index contributed by atoms with van der Waals surface area (Å²) in [6, 6.07) is 15.3. The van der Waals surface area contributed by atoms with E-state index in [1.54, 1.807) is 6.92 Å². The Kier molecular flexibility index (Phi) is 7.93. The zero-order valence-electron chi connectivity index (χ0n) is 17.4. The minimum absolute atomic E-state index is 0.136. The van der Waals surface area contributed by atoms with E-state index >= 15 is 0 Å². The summed E-state index contributed by atoms with van der Waals surface area (Å²) in [5.41, 5.74) is 1.07. The lowest BCUT2D eigenvalue weighted by atomic mass is 10.1. The summed E-state index contributed by atoms with van der Waals surface area (Å²) >= 11 is 0. The number of benzene rings is 2. The van der Waals surface area contributed by atoms with Crippen molar-refractivity contribution in [2.24, 2.45) is 0 Å². The normalized spacial score (nSPS) is 17.1. The van der Waals surface area contributed by atoms with Crippen LogP contribution < -0.4 is 19.5 Å². The second-order valence-electron chi connectivity index (χ2n) is 7.24. The average Bonchev–Trinajstić information content (AvgIpc) is 2.76. The molecule has 0 bridgehead atoms. The van der Waals surface area contributed by atoms with E-state index in [-0.39, 0.29) is 19.3 Å². The van der Waals surface area contributed by atoms with Crippen LogP contribution in [0.3, 0.4) is 0 Å². The summed E-state index contributed by atoms with van der Waals surface area (Å²) in [6.07, 6.45) is -0.583. The summed E-state index contributed by atoms with van der Waals surface area (Å²) in [5, 5.41) is 13.4. The highest BCUT2D eigenvalue weighted by molar-refractivity contribution is 5.76. The molecule has 2 aromatic carbocycles. The number of ether oxygens (including phenoxy) is 4. The molecule has 0 amide bonds. The van der Waals surface area contributed by atoms with Gasteiger partial charge in [-0.25, -0.2) is 4.79 Å². The lowest BCUT2D eigenvalue weighted by Gasteiger charge is -2.25. The average molecular weight is 415 g/mol. The zero-order chi connectivity index (χ0) is 21.3. The molecule has 30 heavy (non-hydrogen) atoms. The molecule has 0 spiro atoms. The van der Waals surface area contributed by atoms with Crippen LogP contribution in [0.15, 0.2) is 48.5 Å². The number of carbonyl (C=O) groups is 1. The van der Waals surface area contributed by atoms with E-state index in [9.17, 15) is 9.90 Å². The molecule has 1 unspecified atom stereocenters. The predicted molar refractivity (Wildman–Crippen MR) is 112 cm³/mol. The fraction of sp³-hybridized carbons (Fsp3) is 0.435. The van der Waals surface area contributed by atoms with Gasteiger partial charge < -0.3 is 29.4 Å². The van der Waals surface area contributed by atoms with Gasteiger partial charge in [-0.15, -0.1) is 0 Å². The number of rotatable bonds is 10. The fourth-order valence-corrected chi connectivity index (χ4v) is 3.12. The Balaban J connectivity index is 1.43. The van der Waals surface area contributed by atoms with Crippen LogP contribution in [0, 0.1) is 0 Å². The van der Waals surface area contributed by atoms with Gasteiger partial charge in [-0.3, -0.25) is 0 Å². The number of nitrogens with one attached hydrogen (secondary N) is 1. The van der Waals surface area contributed by atoms with Gasteiger partial charge in [-0.05, 0) is 50.1 Å². The molecule has 0 radical (unpaired) electrons. The second-order valence-corrected chi connectivity index (χ2v) is 7.24. The Bertz CT molecular complexity index is 813. The first-order valence-corrected chi connectivity index (χ1v) is 10.2. The van der Waals surface area contributed by atoms with Gasteiger partial charge in [0, 0.05) is 12.6 Å². The molecule has 7 nitrogen and oxygen atoms in total. The Morgan fingerprint density at radius 1 is 1.23 bits per heavy atom. The molecule has 162 valence electrons. The Morgan fingerprint density at radius 3 is 2.80 bits per heavy atom. The number of hydrogen-bond donors (Lipinski definition) is 2. The number of aliphatic hydroxyl groups is 1. The van der Waals surface area contributed by atoms with Crippen molar-refractivity contribution >= 4 is 5.97 Å². The predicted octanol–water partition coefficient (Wildman–Crippen LogP) is 2.35. The van der Waals surface area contributed by atoms with Crippen molar-refractivity contribution in [2.45, 2.75) is 38.5 Å². The summed E-state index contributed by atoms with van der Waals surface area (Å²) in [6.45, 7) is 4.92. The largest absolute Gasteiger partial charge is 0.491 e. The maximum atomic E-state index is 11.8.